The lowest BCUT2D eigenvalue weighted by Gasteiger charge is -2.24. The standard InChI is InChI=1S/C21H22ClN5O/c1-3-25(4-2)14-20-24-23-19-13-21(28)26(16-8-6-5-7-9-16)18-12-15(22)10-11-17(18)27(19)20/h5-12H,3-4,13-14H2,1-2H3. The van der Waals surface area contributed by atoms with Crippen LogP contribution in [0.25, 0.3) is 5.69 Å². The summed E-state index contributed by atoms with van der Waals surface area (Å²) in [7, 11) is 0. The number of nitrogens with zero attached hydrogens (tertiary/aromatic N) is 5. The Bertz CT molecular complexity index is 997. The van der Waals surface area contributed by atoms with Gasteiger partial charge in [0, 0.05) is 10.7 Å². The van der Waals surface area contributed by atoms with E-state index in [9.17, 15) is 4.79 Å². The number of rotatable bonds is 5. The number of para-hydroxylation sites is 1. The molecule has 2 aromatic carbocycles. The van der Waals surface area contributed by atoms with Gasteiger partial charge in [-0.05, 0) is 43.4 Å². The van der Waals surface area contributed by atoms with Gasteiger partial charge in [0.1, 0.15) is 5.82 Å². The Morgan fingerprint density at radius 3 is 2.50 bits per heavy atom. The lowest BCUT2D eigenvalue weighted by atomic mass is 10.2. The molecule has 0 bridgehead atoms. The molecule has 0 radical (unpaired) electrons. The minimum absolute atomic E-state index is 0.0599. The van der Waals surface area contributed by atoms with Crippen LogP contribution in [0.5, 0.6) is 0 Å². The highest BCUT2D eigenvalue weighted by Crippen LogP contribution is 2.37. The fraction of sp³-hybridized carbons (Fsp3) is 0.286. The number of carbonyl (C=O) groups is 1. The van der Waals surface area contributed by atoms with Gasteiger partial charge in [-0.1, -0.05) is 43.6 Å². The van der Waals surface area contributed by atoms with E-state index in [-0.39, 0.29) is 12.3 Å². The summed E-state index contributed by atoms with van der Waals surface area (Å²) in [5, 5.41) is 9.32. The molecule has 2 heterocycles. The first-order valence-corrected chi connectivity index (χ1v) is 9.83. The molecule has 28 heavy (non-hydrogen) atoms. The number of aromatic nitrogens is 3. The van der Waals surface area contributed by atoms with Crippen molar-refractivity contribution in [1.29, 1.82) is 0 Å². The molecule has 0 atom stereocenters. The summed E-state index contributed by atoms with van der Waals surface area (Å²) in [5.41, 5.74) is 2.41. The molecule has 1 amide bonds. The number of hydrogen-bond acceptors (Lipinski definition) is 4. The van der Waals surface area contributed by atoms with E-state index in [2.05, 4.69) is 28.9 Å². The van der Waals surface area contributed by atoms with Crippen molar-refractivity contribution in [3.8, 4) is 5.69 Å². The summed E-state index contributed by atoms with van der Waals surface area (Å²) in [6, 6.07) is 15.2. The SMILES string of the molecule is CCN(CC)Cc1nnc2n1-c1ccc(Cl)cc1N(c1ccccc1)C(=O)C2. The van der Waals surface area contributed by atoms with Crippen molar-refractivity contribution in [2.24, 2.45) is 0 Å². The fourth-order valence-corrected chi connectivity index (χ4v) is 3.74. The molecule has 7 heteroatoms. The summed E-state index contributed by atoms with van der Waals surface area (Å²) in [5.74, 6) is 1.41. The molecular formula is C21H22ClN5O. The second-order valence-corrected chi connectivity index (χ2v) is 7.14. The largest absolute Gasteiger partial charge is 0.296 e. The van der Waals surface area contributed by atoms with Gasteiger partial charge >= 0.3 is 0 Å². The smallest absolute Gasteiger partial charge is 0.239 e. The zero-order chi connectivity index (χ0) is 19.7. The van der Waals surface area contributed by atoms with Crippen molar-refractivity contribution < 1.29 is 4.79 Å². The summed E-state index contributed by atoms with van der Waals surface area (Å²) in [6.07, 6.45) is 0.173. The molecule has 0 saturated carbocycles. The maximum atomic E-state index is 13.2. The first-order chi connectivity index (χ1) is 13.6. The monoisotopic (exact) mass is 395 g/mol. The molecule has 144 valence electrons. The Balaban J connectivity index is 1.90. The number of hydrogen-bond donors (Lipinski definition) is 0. The van der Waals surface area contributed by atoms with Crippen LogP contribution in [0.15, 0.2) is 48.5 Å². The van der Waals surface area contributed by atoms with Crippen molar-refractivity contribution >= 4 is 28.9 Å². The maximum absolute atomic E-state index is 13.2. The van der Waals surface area contributed by atoms with Crippen LogP contribution in [0.3, 0.4) is 0 Å². The second-order valence-electron chi connectivity index (χ2n) is 6.70. The van der Waals surface area contributed by atoms with Gasteiger partial charge in [0.2, 0.25) is 5.91 Å². The van der Waals surface area contributed by atoms with Crippen molar-refractivity contribution in [3.05, 3.63) is 65.2 Å². The van der Waals surface area contributed by atoms with Crippen LogP contribution < -0.4 is 4.90 Å². The minimum Gasteiger partial charge on any atom is -0.296 e. The average Bonchev–Trinajstić information content (AvgIpc) is 3.03. The molecule has 4 rings (SSSR count). The van der Waals surface area contributed by atoms with Gasteiger partial charge in [0.15, 0.2) is 5.82 Å². The number of anilines is 2. The highest BCUT2D eigenvalue weighted by atomic mass is 35.5. The lowest BCUT2D eigenvalue weighted by Crippen LogP contribution is -2.26. The van der Waals surface area contributed by atoms with Crippen LogP contribution in [0.2, 0.25) is 5.02 Å². The topological polar surface area (TPSA) is 54.3 Å². The maximum Gasteiger partial charge on any atom is 0.239 e. The molecule has 6 nitrogen and oxygen atoms in total. The average molecular weight is 396 g/mol. The van der Waals surface area contributed by atoms with Crippen molar-refractivity contribution in [1.82, 2.24) is 19.7 Å². The molecule has 0 spiro atoms. The fourth-order valence-electron chi connectivity index (χ4n) is 3.57. The molecule has 1 aliphatic heterocycles. The number of fused-ring (bicyclic) bond motifs is 3. The van der Waals surface area contributed by atoms with E-state index in [1.807, 2.05) is 53.1 Å². The quantitative estimate of drug-likeness (QED) is 0.655. The first kappa shape index (κ1) is 18.7. The molecular weight excluding hydrogens is 374 g/mol. The van der Waals surface area contributed by atoms with E-state index in [0.717, 1.165) is 36.0 Å². The van der Waals surface area contributed by atoms with Crippen LogP contribution in [-0.4, -0.2) is 38.7 Å². The zero-order valence-corrected chi connectivity index (χ0v) is 16.7. The highest BCUT2D eigenvalue weighted by Gasteiger charge is 2.30. The van der Waals surface area contributed by atoms with E-state index < -0.39 is 0 Å². The number of carbonyl (C=O) groups excluding carboxylic acids is 1. The lowest BCUT2D eigenvalue weighted by molar-refractivity contribution is -0.117. The summed E-state index contributed by atoms with van der Waals surface area (Å²) < 4.78 is 2.00. The predicted molar refractivity (Wildman–Crippen MR) is 110 cm³/mol. The molecule has 3 aromatic rings. The van der Waals surface area contributed by atoms with E-state index in [4.69, 9.17) is 11.6 Å². The predicted octanol–water partition coefficient (Wildman–Crippen LogP) is 3.98. The third-order valence-corrected chi connectivity index (χ3v) is 5.28. The van der Waals surface area contributed by atoms with E-state index in [1.54, 1.807) is 4.90 Å². The zero-order valence-electron chi connectivity index (χ0n) is 16.0. The van der Waals surface area contributed by atoms with Gasteiger partial charge in [-0.3, -0.25) is 19.2 Å². The summed E-state index contributed by atoms with van der Waals surface area (Å²) >= 11 is 6.31. The normalized spacial score (nSPS) is 13.4. The van der Waals surface area contributed by atoms with Crippen LogP contribution in [0, 0.1) is 0 Å². The Morgan fingerprint density at radius 2 is 1.79 bits per heavy atom. The molecule has 0 unspecified atom stereocenters. The molecule has 1 aromatic heterocycles. The summed E-state index contributed by atoms with van der Waals surface area (Å²) in [6.45, 7) is 6.75. The Kier molecular flexibility index (Phi) is 5.15. The van der Waals surface area contributed by atoms with Gasteiger partial charge in [0.25, 0.3) is 0 Å². The second kappa shape index (κ2) is 7.73. The highest BCUT2D eigenvalue weighted by molar-refractivity contribution is 6.31. The third-order valence-electron chi connectivity index (χ3n) is 5.05. The molecule has 0 aliphatic carbocycles. The number of benzene rings is 2. The Labute approximate surface area is 169 Å². The van der Waals surface area contributed by atoms with E-state index in [0.29, 0.717) is 17.4 Å². The molecule has 0 fully saturated rings. The Hall–Kier alpha value is -2.70. The summed E-state index contributed by atoms with van der Waals surface area (Å²) in [4.78, 5) is 17.2. The van der Waals surface area contributed by atoms with E-state index >= 15 is 0 Å². The van der Waals surface area contributed by atoms with Gasteiger partial charge in [0.05, 0.1) is 24.3 Å². The molecule has 1 aliphatic rings. The van der Waals surface area contributed by atoms with Crippen LogP contribution >= 0.6 is 11.6 Å². The van der Waals surface area contributed by atoms with E-state index in [1.165, 1.54) is 0 Å². The van der Waals surface area contributed by atoms with Crippen molar-refractivity contribution in [3.63, 3.8) is 0 Å². The first-order valence-electron chi connectivity index (χ1n) is 9.45. The van der Waals surface area contributed by atoms with Gasteiger partial charge in [-0.2, -0.15) is 0 Å². The van der Waals surface area contributed by atoms with Crippen molar-refractivity contribution in [2.75, 3.05) is 18.0 Å². The van der Waals surface area contributed by atoms with Crippen molar-refractivity contribution in [2.45, 2.75) is 26.8 Å². The van der Waals surface area contributed by atoms with Crippen LogP contribution in [0.1, 0.15) is 25.5 Å². The molecule has 0 N–H and O–H groups in total. The minimum atomic E-state index is -0.0599. The Morgan fingerprint density at radius 1 is 1.04 bits per heavy atom. The van der Waals surface area contributed by atoms with Gasteiger partial charge in [-0.25, -0.2) is 0 Å². The third kappa shape index (κ3) is 3.30. The van der Waals surface area contributed by atoms with Gasteiger partial charge < -0.3 is 0 Å². The van der Waals surface area contributed by atoms with Gasteiger partial charge in [-0.15, -0.1) is 10.2 Å². The molecule has 0 saturated heterocycles. The van der Waals surface area contributed by atoms with Crippen LogP contribution in [0.4, 0.5) is 11.4 Å². The number of halogens is 1. The van der Waals surface area contributed by atoms with Crippen LogP contribution in [-0.2, 0) is 17.8 Å². The number of amides is 1.